The molecule has 124 valence electrons. The summed E-state index contributed by atoms with van der Waals surface area (Å²) in [4.78, 5) is 12.6. The van der Waals surface area contributed by atoms with Crippen LogP contribution in [0.25, 0.3) is 32.5 Å². The van der Waals surface area contributed by atoms with Gasteiger partial charge in [-0.15, -0.1) is 11.3 Å². The molecule has 0 saturated carbocycles. The van der Waals surface area contributed by atoms with Gasteiger partial charge in [0.05, 0.1) is 10.9 Å². The van der Waals surface area contributed by atoms with Gasteiger partial charge in [0.2, 0.25) is 5.88 Å². The van der Waals surface area contributed by atoms with Crippen LogP contribution < -0.4 is 10.5 Å². The second-order valence-electron chi connectivity index (χ2n) is 5.63. The van der Waals surface area contributed by atoms with Gasteiger partial charge < -0.3 is 14.9 Å². The molecule has 25 heavy (non-hydrogen) atoms. The number of furan rings is 1. The summed E-state index contributed by atoms with van der Waals surface area (Å²) in [5.74, 6) is 0.382. The number of thiophene rings is 1. The lowest BCUT2D eigenvalue weighted by atomic mass is 10.0. The maximum Gasteiger partial charge on any atom is 0.308 e. The van der Waals surface area contributed by atoms with E-state index >= 15 is 0 Å². The standard InChI is InChI=1S/C20H15NO3S/c1-12(22)23-15-10-14(13-6-3-2-4-7-13)11-16-18(15)19(20(21)24-16)17-8-5-9-25-17/h2-11H,21H2,1H3. The number of ether oxygens (including phenoxy) is 1. The summed E-state index contributed by atoms with van der Waals surface area (Å²) < 4.78 is 11.3. The predicted octanol–water partition coefficient (Wildman–Crippen LogP) is 5.34. The molecule has 0 amide bonds. The third kappa shape index (κ3) is 2.79. The van der Waals surface area contributed by atoms with E-state index < -0.39 is 0 Å². The number of carbonyl (C=O) groups excluding carboxylic acids is 1. The predicted molar refractivity (Wildman–Crippen MR) is 101 cm³/mol. The van der Waals surface area contributed by atoms with E-state index in [4.69, 9.17) is 14.9 Å². The summed E-state index contributed by atoms with van der Waals surface area (Å²) in [5.41, 5.74) is 9.40. The van der Waals surface area contributed by atoms with Crippen LogP contribution >= 0.6 is 11.3 Å². The summed E-state index contributed by atoms with van der Waals surface area (Å²) in [7, 11) is 0. The normalized spacial score (nSPS) is 10.9. The molecule has 0 atom stereocenters. The number of rotatable bonds is 3. The molecule has 2 N–H and O–H groups in total. The molecule has 0 unspecified atom stereocenters. The molecule has 0 radical (unpaired) electrons. The second kappa shape index (κ2) is 6.11. The maximum atomic E-state index is 11.6. The van der Waals surface area contributed by atoms with Crippen molar-refractivity contribution in [3.05, 3.63) is 60.0 Å². The van der Waals surface area contributed by atoms with Crippen molar-refractivity contribution < 1.29 is 13.9 Å². The van der Waals surface area contributed by atoms with Crippen LogP contribution in [0.3, 0.4) is 0 Å². The topological polar surface area (TPSA) is 65.5 Å². The monoisotopic (exact) mass is 349 g/mol. The highest BCUT2D eigenvalue weighted by Crippen LogP contribution is 2.45. The van der Waals surface area contributed by atoms with Crippen molar-refractivity contribution in [1.29, 1.82) is 0 Å². The summed E-state index contributed by atoms with van der Waals surface area (Å²) in [6.45, 7) is 1.38. The minimum Gasteiger partial charge on any atom is -0.440 e. The zero-order chi connectivity index (χ0) is 17.4. The molecule has 4 aromatic rings. The Bertz CT molecular complexity index is 1050. The molecular formula is C20H15NO3S. The van der Waals surface area contributed by atoms with E-state index in [1.165, 1.54) is 6.92 Å². The van der Waals surface area contributed by atoms with Crippen molar-refractivity contribution in [2.24, 2.45) is 0 Å². The van der Waals surface area contributed by atoms with Crippen molar-refractivity contribution in [2.75, 3.05) is 5.73 Å². The maximum absolute atomic E-state index is 11.6. The van der Waals surface area contributed by atoms with E-state index in [0.717, 1.165) is 27.0 Å². The Labute approximate surface area is 148 Å². The van der Waals surface area contributed by atoms with Crippen LogP contribution in [0.4, 0.5) is 5.88 Å². The van der Waals surface area contributed by atoms with Crippen LogP contribution in [0.2, 0.25) is 0 Å². The highest BCUT2D eigenvalue weighted by atomic mass is 32.1. The highest BCUT2D eigenvalue weighted by Gasteiger charge is 2.21. The molecule has 0 aliphatic heterocycles. The van der Waals surface area contributed by atoms with Crippen LogP contribution in [-0.4, -0.2) is 5.97 Å². The van der Waals surface area contributed by atoms with Crippen molar-refractivity contribution in [2.45, 2.75) is 6.92 Å². The minimum atomic E-state index is -0.386. The molecule has 0 aliphatic carbocycles. The highest BCUT2D eigenvalue weighted by molar-refractivity contribution is 7.13. The molecule has 0 fully saturated rings. The quantitative estimate of drug-likeness (QED) is 0.401. The number of benzene rings is 2. The molecule has 4 rings (SSSR count). The molecule has 0 spiro atoms. The van der Waals surface area contributed by atoms with Gasteiger partial charge in [-0.1, -0.05) is 36.4 Å². The summed E-state index contributed by atoms with van der Waals surface area (Å²) in [6.07, 6.45) is 0. The molecule has 0 aliphatic rings. The van der Waals surface area contributed by atoms with Gasteiger partial charge in [-0.05, 0) is 34.7 Å². The zero-order valence-corrected chi connectivity index (χ0v) is 14.3. The molecule has 0 bridgehead atoms. The Morgan fingerprint density at radius 3 is 2.56 bits per heavy atom. The van der Waals surface area contributed by atoms with E-state index in [2.05, 4.69) is 0 Å². The molecule has 2 aromatic carbocycles. The van der Waals surface area contributed by atoms with Crippen LogP contribution in [0.15, 0.2) is 64.4 Å². The van der Waals surface area contributed by atoms with Gasteiger partial charge >= 0.3 is 5.97 Å². The first-order chi connectivity index (χ1) is 12.1. The largest absolute Gasteiger partial charge is 0.440 e. The van der Waals surface area contributed by atoms with Gasteiger partial charge in [0.1, 0.15) is 11.3 Å². The number of hydrogen-bond acceptors (Lipinski definition) is 5. The number of esters is 1. The molecule has 2 aromatic heterocycles. The second-order valence-corrected chi connectivity index (χ2v) is 6.57. The first-order valence-electron chi connectivity index (χ1n) is 7.77. The van der Waals surface area contributed by atoms with Gasteiger partial charge in [0, 0.05) is 11.8 Å². The number of nitrogen functional groups attached to an aromatic ring is 1. The Morgan fingerprint density at radius 2 is 1.88 bits per heavy atom. The van der Waals surface area contributed by atoms with E-state index in [1.807, 2.05) is 60.0 Å². The van der Waals surface area contributed by atoms with Crippen molar-refractivity contribution in [1.82, 2.24) is 0 Å². The summed E-state index contributed by atoms with van der Waals surface area (Å²) in [6, 6.07) is 17.5. The number of hydrogen-bond donors (Lipinski definition) is 1. The van der Waals surface area contributed by atoms with Crippen LogP contribution in [0, 0.1) is 0 Å². The lowest BCUT2D eigenvalue weighted by Gasteiger charge is -2.08. The van der Waals surface area contributed by atoms with Gasteiger partial charge in [0.15, 0.2) is 0 Å². The smallest absolute Gasteiger partial charge is 0.308 e. The summed E-state index contributed by atoms with van der Waals surface area (Å²) in [5, 5.41) is 2.69. The number of nitrogens with two attached hydrogens (primary N) is 1. The first kappa shape index (κ1) is 15.5. The van der Waals surface area contributed by atoms with Gasteiger partial charge in [-0.3, -0.25) is 4.79 Å². The number of anilines is 1. The number of fused-ring (bicyclic) bond motifs is 1. The third-order valence-corrected chi connectivity index (χ3v) is 4.80. The fourth-order valence-electron chi connectivity index (χ4n) is 2.91. The van der Waals surface area contributed by atoms with Crippen molar-refractivity contribution in [3.63, 3.8) is 0 Å². The van der Waals surface area contributed by atoms with Crippen molar-refractivity contribution >= 4 is 34.2 Å². The van der Waals surface area contributed by atoms with E-state index in [-0.39, 0.29) is 5.97 Å². The Morgan fingerprint density at radius 1 is 1.08 bits per heavy atom. The van der Waals surface area contributed by atoms with E-state index in [1.54, 1.807) is 11.3 Å². The fraction of sp³-hybridized carbons (Fsp3) is 0.0500. The van der Waals surface area contributed by atoms with Crippen LogP contribution in [0.1, 0.15) is 6.92 Å². The molecule has 2 heterocycles. The van der Waals surface area contributed by atoms with Crippen molar-refractivity contribution in [3.8, 4) is 27.3 Å². The zero-order valence-electron chi connectivity index (χ0n) is 13.5. The Balaban J connectivity index is 2.01. The average Bonchev–Trinajstić information content (AvgIpc) is 3.21. The third-order valence-electron chi connectivity index (χ3n) is 3.91. The molecular weight excluding hydrogens is 334 g/mol. The lowest BCUT2D eigenvalue weighted by molar-refractivity contribution is -0.131. The molecule has 5 heteroatoms. The van der Waals surface area contributed by atoms with Crippen LogP contribution in [-0.2, 0) is 4.79 Å². The summed E-state index contributed by atoms with van der Waals surface area (Å²) >= 11 is 1.56. The van der Waals surface area contributed by atoms with E-state index in [9.17, 15) is 4.79 Å². The SMILES string of the molecule is CC(=O)Oc1cc(-c2ccccc2)cc2oc(N)c(-c3cccs3)c12. The van der Waals surface area contributed by atoms with Gasteiger partial charge in [0.25, 0.3) is 0 Å². The van der Waals surface area contributed by atoms with E-state index in [0.29, 0.717) is 17.2 Å². The fourth-order valence-corrected chi connectivity index (χ4v) is 3.69. The Hall–Kier alpha value is -3.05. The molecule has 0 saturated heterocycles. The first-order valence-corrected chi connectivity index (χ1v) is 8.65. The number of carbonyl (C=O) groups is 1. The average molecular weight is 349 g/mol. The Kier molecular flexibility index (Phi) is 3.78. The van der Waals surface area contributed by atoms with Gasteiger partial charge in [-0.25, -0.2) is 0 Å². The minimum absolute atomic E-state index is 0.316. The van der Waals surface area contributed by atoms with Crippen LogP contribution in [0.5, 0.6) is 5.75 Å². The van der Waals surface area contributed by atoms with Gasteiger partial charge in [-0.2, -0.15) is 0 Å². The lowest BCUT2D eigenvalue weighted by Crippen LogP contribution is -2.02. The molecule has 4 nitrogen and oxygen atoms in total.